The van der Waals surface area contributed by atoms with E-state index in [-0.39, 0.29) is 21.9 Å². The van der Waals surface area contributed by atoms with Gasteiger partial charge in [-0.3, -0.25) is 4.79 Å². The zero-order chi connectivity index (χ0) is 21.1. The van der Waals surface area contributed by atoms with Gasteiger partial charge in [-0.1, -0.05) is 12.1 Å². The first-order valence-electron chi connectivity index (χ1n) is 8.09. The van der Waals surface area contributed by atoms with Crippen LogP contribution in [0.25, 0.3) is 0 Å². The van der Waals surface area contributed by atoms with Crippen LogP contribution < -0.4 is 14.8 Å². The van der Waals surface area contributed by atoms with Gasteiger partial charge in [0, 0.05) is 13.0 Å². The van der Waals surface area contributed by atoms with Crippen LogP contribution in [-0.2, 0) is 21.0 Å². The quantitative estimate of drug-likeness (QED) is 0.752. The summed E-state index contributed by atoms with van der Waals surface area (Å²) in [5, 5.41) is 2.46. The molecule has 1 atom stereocenters. The number of alkyl halides is 3. The second-order valence-corrected chi connectivity index (χ2v) is 7.72. The van der Waals surface area contributed by atoms with Crippen molar-refractivity contribution < 1.29 is 31.1 Å². The van der Waals surface area contributed by atoms with E-state index in [9.17, 15) is 26.4 Å². The van der Waals surface area contributed by atoms with Gasteiger partial charge < -0.3 is 10.1 Å². The molecule has 0 heterocycles. The number of hydrogen-bond acceptors (Lipinski definition) is 4. The van der Waals surface area contributed by atoms with Crippen molar-refractivity contribution >= 4 is 21.6 Å². The minimum absolute atomic E-state index is 0.157. The second-order valence-electron chi connectivity index (χ2n) is 6.01. The highest BCUT2D eigenvalue weighted by Crippen LogP contribution is 2.31. The molecule has 0 unspecified atom stereocenters. The molecule has 1 amide bonds. The molecule has 0 aliphatic rings. The number of sulfonamides is 1. The highest BCUT2D eigenvalue weighted by Gasteiger charge is 2.31. The van der Waals surface area contributed by atoms with Gasteiger partial charge in [0.25, 0.3) is 0 Å². The predicted octanol–water partition coefficient (Wildman–Crippen LogP) is 3.71. The van der Waals surface area contributed by atoms with E-state index in [0.717, 1.165) is 12.1 Å². The molecule has 28 heavy (non-hydrogen) atoms. The first-order valence-corrected chi connectivity index (χ1v) is 9.57. The van der Waals surface area contributed by atoms with Gasteiger partial charge in [-0.15, -0.1) is 0 Å². The lowest BCUT2D eigenvalue weighted by atomic mass is 10.1. The zero-order valence-corrected chi connectivity index (χ0v) is 16.1. The summed E-state index contributed by atoms with van der Waals surface area (Å²) in [6.07, 6.45) is -4.53. The van der Waals surface area contributed by atoms with Crippen molar-refractivity contribution in [3.8, 4) is 5.75 Å². The van der Waals surface area contributed by atoms with Crippen molar-refractivity contribution in [2.75, 3.05) is 12.4 Å². The van der Waals surface area contributed by atoms with Gasteiger partial charge >= 0.3 is 6.18 Å². The fourth-order valence-electron chi connectivity index (χ4n) is 2.49. The summed E-state index contributed by atoms with van der Waals surface area (Å²) in [7, 11) is -2.71. The Morgan fingerprint density at radius 2 is 1.82 bits per heavy atom. The maximum absolute atomic E-state index is 12.9. The molecule has 2 aromatic rings. The summed E-state index contributed by atoms with van der Waals surface area (Å²) in [5.41, 5.74) is -0.549. The van der Waals surface area contributed by atoms with E-state index in [1.165, 1.54) is 51.3 Å². The Hall–Kier alpha value is -2.59. The first-order chi connectivity index (χ1) is 12.9. The molecule has 0 aromatic heterocycles. The maximum Gasteiger partial charge on any atom is 0.416 e. The Morgan fingerprint density at radius 3 is 2.39 bits per heavy atom. The summed E-state index contributed by atoms with van der Waals surface area (Å²) < 4.78 is 71.3. The van der Waals surface area contributed by atoms with E-state index >= 15 is 0 Å². The zero-order valence-electron chi connectivity index (χ0n) is 15.3. The summed E-state index contributed by atoms with van der Waals surface area (Å²) in [6, 6.07) is 7.35. The molecule has 10 heteroatoms. The number of halogens is 3. The monoisotopic (exact) mass is 416 g/mol. The Balaban J connectivity index is 2.32. The molecule has 0 spiro atoms. The summed E-state index contributed by atoms with van der Waals surface area (Å²) in [4.78, 5) is 11.1. The highest BCUT2D eigenvalue weighted by atomic mass is 32.2. The van der Waals surface area contributed by atoms with Crippen molar-refractivity contribution in [3.05, 3.63) is 53.6 Å². The molecule has 0 saturated carbocycles. The van der Waals surface area contributed by atoms with Crippen molar-refractivity contribution in [2.45, 2.75) is 31.0 Å². The van der Waals surface area contributed by atoms with Gasteiger partial charge in [0.2, 0.25) is 15.9 Å². The third kappa shape index (κ3) is 5.23. The number of hydrogen-bond donors (Lipinski definition) is 2. The van der Waals surface area contributed by atoms with Gasteiger partial charge in [-0.05, 0) is 42.8 Å². The lowest BCUT2D eigenvalue weighted by Gasteiger charge is -2.17. The van der Waals surface area contributed by atoms with E-state index < -0.39 is 33.7 Å². The predicted molar refractivity (Wildman–Crippen MR) is 97.5 cm³/mol. The van der Waals surface area contributed by atoms with Crippen molar-refractivity contribution in [1.82, 2.24) is 4.72 Å². The number of carbonyl (C=O) groups is 1. The average Bonchev–Trinajstić information content (AvgIpc) is 2.60. The molecule has 0 fully saturated rings. The molecule has 2 aromatic carbocycles. The van der Waals surface area contributed by atoms with Gasteiger partial charge in [0.1, 0.15) is 5.75 Å². The number of rotatable bonds is 6. The van der Waals surface area contributed by atoms with Crippen molar-refractivity contribution in [1.29, 1.82) is 0 Å². The molecular weight excluding hydrogens is 397 g/mol. The lowest BCUT2D eigenvalue weighted by Crippen LogP contribution is -2.27. The molecule has 0 saturated heterocycles. The number of amides is 1. The van der Waals surface area contributed by atoms with E-state index in [1.807, 2.05) is 0 Å². The fraction of sp³-hybridized carbons (Fsp3) is 0.278. The smallest absolute Gasteiger partial charge is 0.416 e. The van der Waals surface area contributed by atoms with Crippen LogP contribution in [0.4, 0.5) is 18.9 Å². The molecule has 0 bridgehead atoms. The fourth-order valence-corrected chi connectivity index (χ4v) is 3.75. The third-order valence-corrected chi connectivity index (χ3v) is 5.38. The number of methoxy groups -OCH3 is 1. The largest absolute Gasteiger partial charge is 0.495 e. The number of ether oxygens (including phenoxy) is 1. The minimum atomic E-state index is -4.53. The normalized spacial score (nSPS) is 13.1. The standard InChI is InChI=1S/C18H19F3N2O4S/c1-11(13-5-4-6-14(9-13)18(19,20)21)23-28(25,26)15-7-8-17(27-3)16(10-15)22-12(2)24/h4-11,23H,1-3H3,(H,22,24)/t11-/m1/s1. The molecule has 2 rings (SSSR count). The maximum atomic E-state index is 12.9. The van der Waals surface area contributed by atoms with E-state index in [4.69, 9.17) is 4.74 Å². The van der Waals surface area contributed by atoms with Crippen LogP contribution in [0.3, 0.4) is 0 Å². The molecule has 0 radical (unpaired) electrons. The van der Waals surface area contributed by atoms with Crippen LogP contribution in [-0.4, -0.2) is 21.4 Å². The Kier molecular flexibility index (Phi) is 6.35. The number of benzene rings is 2. The SMILES string of the molecule is COc1ccc(S(=O)(=O)N[C@H](C)c2cccc(C(F)(F)F)c2)cc1NC(C)=O. The van der Waals surface area contributed by atoms with E-state index in [1.54, 1.807) is 0 Å². The van der Waals surface area contributed by atoms with Crippen LogP contribution >= 0.6 is 0 Å². The Labute approximate surface area is 160 Å². The molecule has 0 aliphatic heterocycles. The van der Waals surface area contributed by atoms with Gasteiger partial charge in [0.05, 0.1) is 23.3 Å². The van der Waals surface area contributed by atoms with Crippen LogP contribution in [0, 0.1) is 0 Å². The van der Waals surface area contributed by atoms with Gasteiger partial charge in [0.15, 0.2) is 0 Å². The summed E-state index contributed by atoms with van der Waals surface area (Å²) in [5.74, 6) is -0.154. The lowest BCUT2D eigenvalue weighted by molar-refractivity contribution is -0.137. The third-order valence-electron chi connectivity index (χ3n) is 3.84. The van der Waals surface area contributed by atoms with Crippen molar-refractivity contribution in [3.63, 3.8) is 0 Å². The van der Waals surface area contributed by atoms with Crippen LogP contribution in [0.1, 0.15) is 31.0 Å². The van der Waals surface area contributed by atoms with Gasteiger partial charge in [-0.25, -0.2) is 13.1 Å². The van der Waals surface area contributed by atoms with Crippen LogP contribution in [0.2, 0.25) is 0 Å². The first kappa shape index (κ1) is 21.7. The topological polar surface area (TPSA) is 84.5 Å². The van der Waals surface area contributed by atoms with Crippen LogP contribution in [0.5, 0.6) is 5.75 Å². The number of carbonyl (C=O) groups excluding carboxylic acids is 1. The Bertz CT molecular complexity index is 975. The number of nitrogens with one attached hydrogen (secondary N) is 2. The molecule has 2 N–H and O–H groups in total. The summed E-state index contributed by atoms with van der Waals surface area (Å²) >= 11 is 0. The minimum Gasteiger partial charge on any atom is -0.495 e. The van der Waals surface area contributed by atoms with E-state index in [2.05, 4.69) is 10.0 Å². The van der Waals surface area contributed by atoms with Gasteiger partial charge in [-0.2, -0.15) is 13.2 Å². The van der Waals surface area contributed by atoms with E-state index in [0.29, 0.717) is 0 Å². The molecular formula is C18H19F3N2O4S. The Morgan fingerprint density at radius 1 is 1.14 bits per heavy atom. The molecule has 152 valence electrons. The second kappa shape index (κ2) is 8.19. The number of anilines is 1. The average molecular weight is 416 g/mol. The molecule has 6 nitrogen and oxygen atoms in total. The molecule has 0 aliphatic carbocycles. The highest BCUT2D eigenvalue weighted by molar-refractivity contribution is 7.89. The van der Waals surface area contributed by atoms with Crippen molar-refractivity contribution in [2.24, 2.45) is 0 Å². The summed E-state index contributed by atoms with van der Waals surface area (Å²) in [6.45, 7) is 2.69. The van der Waals surface area contributed by atoms with Crippen LogP contribution in [0.15, 0.2) is 47.4 Å².